The van der Waals surface area contributed by atoms with Gasteiger partial charge in [-0.1, -0.05) is 12.1 Å². The number of benzene rings is 1. The van der Waals surface area contributed by atoms with Crippen LogP contribution in [0.4, 0.5) is 5.82 Å². The molecule has 2 aromatic heterocycles. The number of oxazole rings is 1. The smallest absolute Gasteiger partial charge is 0.192 e. The lowest BCUT2D eigenvalue weighted by Crippen LogP contribution is -1.81. The quantitative estimate of drug-likeness (QED) is 0.650. The number of hydrogen-bond donors (Lipinski definition) is 2. The van der Waals surface area contributed by atoms with Gasteiger partial charge in [-0.2, -0.15) is 5.10 Å². The van der Waals surface area contributed by atoms with Crippen LogP contribution in [0.25, 0.3) is 22.4 Å². The van der Waals surface area contributed by atoms with Crippen molar-refractivity contribution in [1.82, 2.24) is 15.2 Å². The summed E-state index contributed by atoms with van der Waals surface area (Å²) in [5.41, 5.74) is 8.96. The number of nitrogens with two attached hydrogens (primary N) is 1. The number of aromatic nitrogens is 3. The van der Waals surface area contributed by atoms with Crippen LogP contribution >= 0.6 is 0 Å². The molecular formula is C11H10N4O. The van der Waals surface area contributed by atoms with Crippen molar-refractivity contribution in [2.75, 3.05) is 5.73 Å². The van der Waals surface area contributed by atoms with Crippen LogP contribution in [0.1, 0.15) is 5.89 Å². The van der Waals surface area contributed by atoms with Gasteiger partial charge in [-0.15, -0.1) is 0 Å². The Morgan fingerprint density at radius 3 is 3.00 bits per heavy atom. The molecule has 0 amide bonds. The van der Waals surface area contributed by atoms with Crippen LogP contribution in [-0.4, -0.2) is 15.2 Å². The van der Waals surface area contributed by atoms with Gasteiger partial charge < -0.3 is 10.2 Å². The van der Waals surface area contributed by atoms with Gasteiger partial charge in [0.1, 0.15) is 11.3 Å². The Bertz CT molecular complexity index is 653. The number of anilines is 1. The number of nitrogen functional groups attached to an aromatic ring is 1. The molecule has 0 spiro atoms. The topological polar surface area (TPSA) is 80.7 Å². The van der Waals surface area contributed by atoms with Gasteiger partial charge in [-0.05, 0) is 6.07 Å². The Balaban J connectivity index is 2.30. The summed E-state index contributed by atoms with van der Waals surface area (Å²) < 4.78 is 5.46. The minimum atomic E-state index is 0.465. The van der Waals surface area contributed by atoms with Crippen molar-refractivity contribution in [3.8, 4) is 11.3 Å². The second-order valence-corrected chi connectivity index (χ2v) is 3.59. The van der Waals surface area contributed by atoms with Crippen molar-refractivity contribution in [3.05, 3.63) is 30.2 Å². The largest absolute Gasteiger partial charge is 0.441 e. The van der Waals surface area contributed by atoms with Gasteiger partial charge in [0.15, 0.2) is 11.5 Å². The van der Waals surface area contributed by atoms with E-state index in [1.807, 2.05) is 25.1 Å². The van der Waals surface area contributed by atoms with Gasteiger partial charge in [-0.25, -0.2) is 4.98 Å². The average molecular weight is 214 g/mol. The molecule has 3 N–H and O–H groups in total. The molecule has 5 nitrogen and oxygen atoms in total. The van der Waals surface area contributed by atoms with Gasteiger partial charge in [0.05, 0.1) is 5.69 Å². The lowest BCUT2D eigenvalue weighted by atomic mass is 10.1. The zero-order valence-corrected chi connectivity index (χ0v) is 8.69. The molecule has 3 aromatic rings. The lowest BCUT2D eigenvalue weighted by Gasteiger charge is -1.96. The van der Waals surface area contributed by atoms with E-state index in [4.69, 9.17) is 10.2 Å². The van der Waals surface area contributed by atoms with E-state index in [1.54, 1.807) is 6.07 Å². The standard InChI is InChI=1S/C11H10N4O/c1-6-13-11-7(3-2-4-9(11)16-6)8-5-10(12)15-14-8/h2-5H,1H3,(H3,12,14,15). The van der Waals surface area contributed by atoms with E-state index in [9.17, 15) is 0 Å². The predicted molar refractivity (Wildman–Crippen MR) is 60.7 cm³/mol. The molecule has 80 valence electrons. The first-order chi connectivity index (χ1) is 7.74. The molecule has 0 aliphatic rings. The highest BCUT2D eigenvalue weighted by atomic mass is 16.3. The fourth-order valence-electron chi connectivity index (χ4n) is 1.75. The zero-order valence-electron chi connectivity index (χ0n) is 8.69. The maximum atomic E-state index is 5.58. The van der Waals surface area contributed by atoms with E-state index in [-0.39, 0.29) is 0 Å². The predicted octanol–water partition coefficient (Wildman–Crippen LogP) is 2.11. The Labute approximate surface area is 91.3 Å². The third-order valence-corrected chi connectivity index (χ3v) is 2.41. The fraction of sp³-hybridized carbons (Fsp3) is 0.0909. The van der Waals surface area contributed by atoms with E-state index in [1.165, 1.54) is 0 Å². The van der Waals surface area contributed by atoms with Crippen LogP contribution in [0.2, 0.25) is 0 Å². The molecule has 0 unspecified atom stereocenters. The second kappa shape index (κ2) is 3.10. The first-order valence-corrected chi connectivity index (χ1v) is 4.91. The Morgan fingerprint density at radius 1 is 1.38 bits per heavy atom. The highest BCUT2D eigenvalue weighted by molar-refractivity contribution is 5.89. The van der Waals surface area contributed by atoms with Crippen molar-refractivity contribution >= 4 is 16.9 Å². The molecular weight excluding hydrogens is 204 g/mol. The number of para-hydroxylation sites is 1. The molecule has 0 radical (unpaired) electrons. The van der Waals surface area contributed by atoms with Gasteiger partial charge in [0.2, 0.25) is 0 Å². The first-order valence-electron chi connectivity index (χ1n) is 4.91. The van der Waals surface area contributed by atoms with Crippen molar-refractivity contribution in [1.29, 1.82) is 0 Å². The Hall–Kier alpha value is -2.30. The zero-order chi connectivity index (χ0) is 11.1. The molecule has 2 heterocycles. The number of aromatic amines is 1. The molecule has 3 rings (SSSR count). The van der Waals surface area contributed by atoms with Gasteiger partial charge in [-0.3, -0.25) is 5.10 Å². The number of fused-ring (bicyclic) bond motifs is 1. The van der Waals surface area contributed by atoms with Crippen LogP contribution < -0.4 is 5.73 Å². The van der Waals surface area contributed by atoms with Crippen LogP contribution in [0.5, 0.6) is 0 Å². The van der Waals surface area contributed by atoms with E-state index >= 15 is 0 Å². The molecule has 0 aliphatic carbocycles. The van der Waals surface area contributed by atoms with Crippen molar-refractivity contribution in [3.63, 3.8) is 0 Å². The Morgan fingerprint density at radius 2 is 2.25 bits per heavy atom. The van der Waals surface area contributed by atoms with E-state index in [0.717, 1.165) is 22.4 Å². The maximum absolute atomic E-state index is 5.58. The number of nitrogens with one attached hydrogen (secondary N) is 1. The molecule has 16 heavy (non-hydrogen) atoms. The second-order valence-electron chi connectivity index (χ2n) is 3.59. The van der Waals surface area contributed by atoms with Crippen LogP contribution in [0, 0.1) is 6.92 Å². The maximum Gasteiger partial charge on any atom is 0.192 e. The highest BCUT2D eigenvalue weighted by Gasteiger charge is 2.10. The molecule has 0 saturated carbocycles. The van der Waals surface area contributed by atoms with Crippen molar-refractivity contribution in [2.45, 2.75) is 6.92 Å². The summed E-state index contributed by atoms with van der Waals surface area (Å²) >= 11 is 0. The number of nitrogens with zero attached hydrogens (tertiary/aromatic N) is 2. The number of rotatable bonds is 1. The summed E-state index contributed by atoms with van der Waals surface area (Å²) in [6.45, 7) is 1.82. The van der Waals surface area contributed by atoms with Gasteiger partial charge in [0.25, 0.3) is 0 Å². The summed E-state index contributed by atoms with van der Waals surface area (Å²) in [6, 6.07) is 7.54. The fourth-order valence-corrected chi connectivity index (χ4v) is 1.75. The van der Waals surface area contributed by atoms with Crippen LogP contribution in [0.3, 0.4) is 0 Å². The normalized spacial score (nSPS) is 11.1. The van der Waals surface area contributed by atoms with Crippen LogP contribution in [0.15, 0.2) is 28.7 Å². The van der Waals surface area contributed by atoms with Gasteiger partial charge >= 0.3 is 0 Å². The summed E-state index contributed by atoms with van der Waals surface area (Å²) in [4.78, 5) is 4.34. The third-order valence-electron chi connectivity index (χ3n) is 2.41. The van der Waals surface area contributed by atoms with Crippen LogP contribution in [-0.2, 0) is 0 Å². The summed E-state index contributed by atoms with van der Waals surface area (Å²) in [5.74, 6) is 1.11. The average Bonchev–Trinajstić information content (AvgIpc) is 2.82. The van der Waals surface area contributed by atoms with E-state index < -0.39 is 0 Å². The molecule has 0 aliphatic heterocycles. The molecule has 0 atom stereocenters. The van der Waals surface area contributed by atoms with Crippen molar-refractivity contribution in [2.24, 2.45) is 0 Å². The number of hydrogen-bond acceptors (Lipinski definition) is 4. The summed E-state index contributed by atoms with van der Waals surface area (Å²) in [7, 11) is 0. The van der Waals surface area contributed by atoms with Gasteiger partial charge in [0, 0.05) is 18.6 Å². The Kier molecular flexibility index (Phi) is 1.73. The van der Waals surface area contributed by atoms with Crippen molar-refractivity contribution < 1.29 is 4.42 Å². The molecule has 0 bridgehead atoms. The molecule has 5 heteroatoms. The summed E-state index contributed by atoms with van der Waals surface area (Å²) in [5, 5.41) is 6.77. The lowest BCUT2D eigenvalue weighted by molar-refractivity contribution is 0.561. The van der Waals surface area contributed by atoms with E-state index in [2.05, 4.69) is 15.2 Å². The SMILES string of the molecule is Cc1nc2c(-c3cc(N)n[nH]3)cccc2o1. The monoisotopic (exact) mass is 214 g/mol. The minimum absolute atomic E-state index is 0.465. The highest BCUT2D eigenvalue weighted by Crippen LogP contribution is 2.27. The molecule has 0 fully saturated rings. The number of aryl methyl sites for hydroxylation is 1. The third kappa shape index (κ3) is 1.25. The molecule has 0 saturated heterocycles. The van der Waals surface area contributed by atoms with E-state index in [0.29, 0.717) is 11.7 Å². The number of H-pyrrole nitrogens is 1. The first kappa shape index (κ1) is 8.96. The minimum Gasteiger partial charge on any atom is -0.441 e. The molecule has 1 aromatic carbocycles. The summed E-state index contributed by atoms with van der Waals surface area (Å²) in [6.07, 6.45) is 0.